The molecule has 0 aliphatic carbocycles. The summed E-state index contributed by atoms with van der Waals surface area (Å²) < 4.78 is 10.4. The topological polar surface area (TPSA) is 64.5 Å². The number of nitrogens with zero attached hydrogens (tertiary/aromatic N) is 2. The molecule has 1 saturated heterocycles. The van der Waals surface area contributed by atoms with Crippen molar-refractivity contribution in [3.05, 3.63) is 17.5 Å². The Balaban J connectivity index is 2.11. The molecule has 0 aromatic carbocycles. The molecule has 1 N–H and O–H groups in total. The van der Waals surface area contributed by atoms with Crippen LogP contribution in [0.5, 0.6) is 6.01 Å². The van der Waals surface area contributed by atoms with Gasteiger partial charge in [-0.3, -0.25) is 0 Å². The van der Waals surface area contributed by atoms with E-state index < -0.39 is 0 Å². The van der Waals surface area contributed by atoms with Crippen LogP contribution in [-0.2, 0) is 11.3 Å². The number of ether oxygens (including phenoxy) is 2. The Bertz CT molecular complexity index is 326. The van der Waals surface area contributed by atoms with Crippen molar-refractivity contribution < 1.29 is 14.6 Å². The number of hydrogen-bond donors (Lipinski definition) is 1. The first-order chi connectivity index (χ1) is 6.78. The second-order valence-electron chi connectivity index (χ2n) is 3.22. The van der Waals surface area contributed by atoms with E-state index >= 15 is 0 Å². The highest BCUT2D eigenvalue weighted by Gasteiger charge is 2.21. The molecule has 2 heterocycles. The quantitative estimate of drug-likeness (QED) is 0.740. The molecule has 1 aliphatic heterocycles. The van der Waals surface area contributed by atoms with Gasteiger partial charge in [0.15, 0.2) is 0 Å². The van der Waals surface area contributed by atoms with Gasteiger partial charge in [-0.25, -0.2) is 4.98 Å². The lowest BCUT2D eigenvalue weighted by molar-refractivity contribution is -0.0833. The zero-order valence-corrected chi connectivity index (χ0v) is 7.93. The highest BCUT2D eigenvalue weighted by Crippen LogP contribution is 2.12. The average Bonchev–Trinajstić information content (AvgIpc) is 2.10. The summed E-state index contributed by atoms with van der Waals surface area (Å²) in [6.07, 6.45) is 0.0587. The number of aliphatic hydroxyl groups excluding tert-OH is 1. The van der Waals surface area contributed by atoms with Crippen LogP contribution in [0.2, 0.25) is 0 Å². The van der Waals surface area contributed by atoms with Crippen molar-refractivity contribution in [1.29, 1.82) is 0 Å². The SMILES string of the molecule is Cc1cc(CO)nc(OC2COC2)n1. The first kappa shape index (κ1) is 9.36. The molecule has 0 bridgehead atoms. The van der Waals surface area contributed by atoms with E-state index in [1.54, 1.807) is 6.07 Å². The fraction of sp³-hybridized carbons (Fsp3) is 0.556. The van der Waals surface area contributed by atoms with E-state index in [0.717, 1.165) is 5.69 Å². The monoisotopic (exact) mass is 196 g/mol. The Kier molecular flexibility index (Phi) is 2.60. The number of aryl methyl sites for hydroxylation is 1. The van der Waals surface area contributed by atoms with E-state index in [1.165, 1.54) is 0 Å². The third-order valence-corrected chi connectivity index (χ3v) is 1.93. The van der Waals surface area contributed by atoms with Crippen molar-refractivity contribution in [1.82, 2.24) is 9.97 Å². The van der Waals surface area contributed by atoms with Crippen molar-refractivity contribution in [2.45, 2.75) is 19.6 Å². The first-order valence-corrected chi connectivity index (χ1v) is 4.48. The molecule has 0 saturated carbocycles. The predicted molar refractivity (Wildman–Crippen MR) is 47.9 cm³/mol. The molecule has 1 aromatic rings. The van der Waals surface area contributed by atoms with Crippen LogP contribution in [0, 0.1) is 6.92 Å². The highest BCUT2D eigenvalue weighted by atomic mass is 16.6. The maximum atomic E-state index is 8.92. The van der Waals surface area contributed by atoms with Crippen molar-refractivity contribution in [3.63, 3.8) is 0 Å². The lowest BCUT2D eigenvalue weighted by Crippen LogP contribution is -2.39. The van der Waals surface area contributed by atoms with Crippen molar-refractivity contribution in [2.24, 2.45) is 0 Å². The molecule has 14 heavy (non-hydrogen) atoms. The number of aromatic nitrogens is 2. The molecule has 5 heteroatoms. The van der Waals surface area contributed by atoms with Gasteiger partial charge in [0.1, 0.15) is 6.10 Å². The van der Waals surface area contributed by atoms with Gasteiger partial charge in [0.2, 0.25) is 0 Å². The Morgan fingerprint density at radius 2 is 2.36 bits per heavy atom. The summed E-state index contributed by atoms with van der Waals surface area (Å²) >= 11 is 0. The van der Waals surface area contributed by atoms with Crippen LogP contribution in [0.4, 0.5) is 0 Å². The lowest BCUT2D eigenvalue weighted by atomic mass is 10.3. The maximum Gasteiger partial charge on any atom is 0.317 e. The highest BCUT2D eigenvalue weighted by molar-refractivity contribution is 5.12. The molecule has 0 amide bonds. The van der Waals surface area contributed by atoms with E-state index in [-0.39, 0.29) is 12.7 Å². The Labute approximate surface area is 81.7 Å². The Hall–Kier alpha value is -1.20. The summed E-state index contributed by atoms with van der Waals surface area (Å²) in [7, 11) is 0. The normalized spacial score (nSPS) is 16.4. The second kappa shape index (κ2) is 3.89. The van der Waals surface area contributed by atoms with Crippen molar-refractivity contribution in [2.75, 3.05) is 13.2 Å². The fourth-order valence-corrected chi connectivity index (χ4v) is 1.17. The van der Waals surface area contributed by atoms with Crippen LogP contribution >= 0.6 is 0 Å². The Morgan fingerprint density at radius 1 is 1.57 bits per heavy atom. The molecule has 1 aliphatic rings. The number of hydrogen-bond acceptors (Lipinski definition) is 5. The van der Waals surface area contributed by atoms with Gasteiger partial charge in [-0.05, 0) is 13.0 Å². The minimum atomic E-state index is -0.0963. The molecule has 1 fully saturated rings. The minimum Gasteiger partial charge on any atom is -0.455 e. The van der Waals surface area contributed by atoms with E-state index in [1.807, 2.05) is 6.92 Å². The van der Waals surface area contributed by atoms with E-state index in [2.05, 4.69) is 9.97 Å². The minimum absolute atomic E-state index is 0.0587. The molecule has 76 valence electrons. The van der Waals surface area contributed by atoms with Gasteiger partial charge in [0, 0.05) is 5.69 Å². The third kappa shape index (κ3) is 2.00. The lowest BCUT2D eigenvalue weighted by Gasteiger charge is -2.25. The summed E-state index contributed by atoms with van der Waals surface area (Å²) in [5.74, 6) is 0. The van der Waals surface area contributed by atoms with Gasteiger partial charge < -0.3 is 14.6 Å². The van der Waals surface area contributed by atoms with Crippen molar-refractivity contribution >= 4 is 0 Å². The van der Waals surface area contributed by atoms with Gasteiger partial charge in [-0.2, -0.15) is 4.98 Å². The zero-order chi connectivity index (χ0) is 9.97. The second-order valence-corrected chi connectivity index (χ2v) is 3.22. The van der Waals surface area contributed by atoms with E-state index in [0.29, 0.717) is 24.9 Å². The average molecular weight is 196 g/mol. The summed E-state index contributed by atoms with van der Waals surface area (Å²) in [5.41, 5.74) is 1.37. The van der Waals surface area contributed by atoms with Crippen LogP contribution < -0.4 is 4.74 Å². The molecular formula is C9H12N2O3. The van der Waals surface area contributed by atoms with Crippen LogP contribution in [0.15, 0.2) is 6.07 Å². The summed E-state index contributed by atoms with van der Waals surface area (Å²) in [6, 6.07) is 2.05. The summed E-state index contributed by atoms with van der Waals surface area (Å²) in [6.45, 7) is 2.92. The molecule has 5 nitrogen and oxygen atoms in total. The number of rotatable bonds is 3. The largest absolute Gasteiger partial charge is 0.455 e. The molecule has 1 aromatic heterocycles. The predicted octanol–water partition coefficient (Wildman–Crippen LogP) is 0.0549. The maximum absolute atomic E-state index is 8.92. The van der Waals surface area contributed by atoms with Gasteiger partial charge >= 0.3 is 6.01 Å². The van der Waals surface area contributed by atoms with Crippen LogP contribution in [0.1, 0.15) is 11.4 Å². The summed E-state index contributed by atoms with van der Waals surface area (Å²) in [5, 5.41) is 8.92. The Morgan fingerprint density at radius 3 is 2.93 bits per heavy atom. The van der Waals surface area contributed by atoms with Gasteiger partial charge in [-0.1, -0.05) is 0 Å². The zero-order valence-electron chi connectivity index (χ0n) is 7.93. The number of aliphatic hydroxyl groups is 1. The molecular weight excluding hydrogens is 184 g/mol. The van der Waals surface area contributed by atoms with E-state index in [4.69, 9.17) is 14.6 Å². The van der Waals surface area contributed by atoms with Crippen LogP contribution in [0.3, 0.4) is 0 Å². The van der Waals surface area contributed by atoms with Gasteiger partial charge in [-0.15, -0.1) is 0 Å². The van der Waals surface area contributed by atoms with E-state index in [9.17, 15) is 0 Å². The molecule has 0 unspecified atom stereocenters. The van der Waals surface area contributed by atoms with Gasteiger partial charge in [0.25, 0.3) is 0 Å². The summed E-state index contributed by atoms with van der Waals surface area (Å²) in [4.78, 5) is 8.14. The molecule has 0 spiro atoms. The third-order valence-electron chi connectivity index (χ3n) is 1.93. The first-order valence-electron chi connectivity index (χ1n) is 4.48. The molecule has 0 atom stereocenters. The van der Waals surface area contributed by atoms with Gasteiger partial charge in [0.05, 0.1) is 25.5 Å². The fourth-order valence-electron chi connectivity index (χ4n) is 1.17. The molecule has 0 radical (unpaired) electrons. The standard InChI is InChI=1S/C9H12N2O3/c1-6-2-7(3-12)11-9(10-6)14-8-4-13-5-8/h2,8,12H,3-5H2,1H3. The smallest absolute Gasteiger partial charge is 0.317 e. The van der Waals surface area contributed by atoms with Crippen LogP contribution in [-0.4, -0.2) is 34.4 Å². The molecule has 2 rings (SSSR count). The van der Waals surface area contributed by atoms with Crippen LogP contribution in [0.25, 0.3) is 0 Å². The van der Waals surface area contributed by atoms with Crippen molar-refractivity contribution in [3.8, 4) is 6.01 Å².